The van der Waals surface area contributed by atoms with Crippen LogP contribution in [0.3, 0.4) is 0 Å². The van der Waals surface area contributed by atoms with Crippen LogP contribution in [0.4, 0.5) is 16.2 Å². The van der Waals surface area contributed by atoms with Crippen LogP contribution >= 0.6 is 11.6 Å². The molecule has 0 aliphatic rings. The maximum Gasteiger partial charge on any atom is 0.323 e. The first kappa shape index (κ1) is 24.6. The lowest BCUT2D eigenvalue weighted by Crippen LogP contribution is -2.46. The largest absolute Gasteiger partial charge is 0.480 e. The summed E-state index contributed by atoms with van der Waals surface area (Å²) in [5.41, 5.74) is 8.93. The van der Waals surface area contributed by atoms with Crippen molar-refractivity contribution in [2.45, 2.75) is 26.8 Å². The first-order chi connectivity index (χ1) is 15.1. The highest BCUT2D eigenvalue weighted by Crippen LogP contribution is 2.29. The molecule has 0 aliphatic heterocycles. The van der Waals surface area contributed by atoms with Gasteiger partial charge in [-0.25, -0.2) is 4.79 Å². The van der Waals surface area contributed by atoms with E-state index in [-0.39, 0.29) is 11.9 Å². The van der Waals surface area contributed by atoms with E-state index in [0.717, 1.165) is 11.3 Å². The topological polar surface area (TPSA) is 132 Å². The number of aryl methyl sites for hydroxylation is 1. The maximum atomic E-state index is 12.5. The van der Waals surface area contributed by atoms with E-state index in [1.54, 1.807) is 24.3 Å². The lowest BCUT2D eigenvalue weighted by molar-refractivity contribution is -0.135. The minimum Gasteiger partial charge on any atom is -0.480 e. The van der Waals surface area contributed by atoms with Crippen LogP contribution < -0.4 is 21.3 Å². The molecule has 0 atom stereocenters. The lowest BCUT2D eigenvalue weighted by atomic mass is 10.1. The van der Waals surface area contributed by atoms with Crippen LogP contribution in [0.25, 0.3) is 0 Å². The van der Waals surface area contributed by atoms with Crippen LogP contribution in [0, 0.1) is 24.2 Å². The number of hydrogen-bond acceptors (Lipinski definition) is 4. The Morgan fingerprint density at radius 1 is 1.25 bits per heavy atom. The molecule has 2 aromatic rings. The number of nitrogen functional groups attached to an aromatic ring is 1. The molecule has 0 unspecified atom stereocenters. The van der Waals surface area contributed by atoms with E-state index < -0.39 is 18.5 Å². The van der Waals surface area contributed by atoms with E-state index in [9.17, 15) is 9.59 Å². The van der Waals surface area contributed by atoms with Gasteiger partial charge in [-0.1, -0.05) is 23.4 Å². The molecule has 6 N–H and O–H groups in total. The van der Waals surface area contributed by atoms with E-state index in [1.165, 1.54) is 4.90 Å². The van der Waals surface area contributed by atoms with Crippen LogP contribution in [0.1, 0.15) is 30.5 Å². The van der Waals surface area contributed by atoms with Gasteiger partial charge in [-0.15, -0.1) is 0 Å². The van der Waals surface area contributed by atoms with Gasteiger partial charge in [-0.3, -0.25) is 15.1 Å². The number of amides is 2. The summed E-state index contributed by atoms with van der Waals surface area (Å²) in [5, 5.41) is 22.1. The van der Waals surface area contributed by atoms with E-state index in [1.807, 2.05) is 32.9 Å². The van der Waals surface area contributed by atoms with Crippen LogP contribution in [-0.2, 0) is 4.79 Å². The summed E-state index contributed by atoms with van der Waals surface area (Å²) in [6.07, 6.45) is 0. The molecule has 0 aliphatic carbocycles. The highest BCUT2D eigenvalue weighted by atomic mass is 35.5. The predicted octanol–water partition coefficient (Wildman–Crippen LogP) is 3.41. The van der Waals surface area contributed by atoms with Crippen molar-refractivity contribution in [1.29, 1.82) is 5.41 Å². The number of aliphatic carboxylic acids is 1. The summed E-state index contributed by atoms with van der Waals surface area (Å²) in [6, 6.07) is 9.88. The van der Waals surface area contributed by atoms with Gasteiger partial charge in [0.15, 0.2) is 0 Å². The predicted molar refractivity (Wildman–Crippen MR) is 128 cm³/mol. The summed E-state index contributed by atoms with van der Waals surface area (Å²) in [7, 11) is 0. The summed E-state index contributed by atoms with van der Waals surface area (Å²) in [4.78, 5) is 24.7. The number of nitrogens with zero attached hydrogens (tertiary/aromatic N) is 1. The van der Waals surface area contributed by atoms with Gasteiger partial charge in [-0.2, -0.15) is 0 Å². The van der Waals surface area contributed by atoms with Crippen molar-refractivity contribution in [3.05, 3.63) is 58.1 Å². The molecule has 0 radical (unpaired) electrons. The molecule has 9 heteroatoms. The fraction of sp³-hybridized carbons (Fsp3) is 0.261. The fourth-order valence-corrected chi connectivity index (χ4v) is 3.14. The van der Waals surface area contributed by atoms with E-state index in [2.05, 4.69) is 22.5 Å². The first-order valence-corrected chi connectivity index (χ1v) is 10.2. The Morgan fingerprint density at radius 2 is 1.91 bits per heavy atom. The number of nitrogens with one attached hydrogen (secondary N) is 3. The standard InChI is InChI=1S/C23H26ClN5O3/c1-14(2)29(23(32)28-13-21(30)31)20-12-19(24)17(11-15(20)3)5-4-10-27-18-8-6-16(7-9-18)22(25)26/h6-9,11-12,14,27H,10,13H2,1-3H3,(H3,25,26)(H,28,32)(H,30,31). The van der Waals surface area contributed by atoms with Gasteiger partial charge < -0.3 is 21.5 Å². The Kier molecular flexibility index (Phi) is 8.50. The molecular formula is C23H26ClN5O3. The molecule has 2 aromatic carbocycles. The third-order valence-electron chi connectivity index (χ3n) is 4.47. The molecule has 2 amide bonds. The van der Waals surface area contributed by atoms with Crippen LogP contribution in [0.2, 0.25) is 5.02 Å². The van der Waals surface area contributed by atoms with Gasteiger partial charge in [-0.05, 0) is 62.7 Å². The van der Waals surface area contributed by atoms with E-state index in [0.29, 0.717) is 28.4 Å². The van der Waals surface area contributed by atoms with Gasteiger partial charge in [0.2, 0.25) is 0 Å². The monoisotopic (exact) mass is 455 g/mol. The molecule has 0 saturated heterocycles. The molecule has 32 heavy (non-hydrogen) atoms. The Morgan fingerprint density at radius 3 is 2.47 bits per heavy atom. The summed E-state index contributed by atoms with van der Waals surface area (Å²) in [6.45, 7) is 5.41. The maximum absolute atomic E-state index is 12.5. The quantitative estimate of drug-likeness (QED) is 0.248. The second kappa shape index (κ2) is 11.1. The molecule has 0 aromatic heterocycles. The van der Waals surface area contributed by atoms with Crippen molar-refractivity contribution in [3.8, 4) is 11.8 Å². The number of halogens is 1. The van der Waals surface area contributed by atoms with Gasteiger partial charge in [0.1, 0.15) is 12.4 Å². The van der Waals surface area contributed by atoms with E-state index >= 15 is 0 Å². The van der Waals surface area contributed by atoms with Crippen molar-refractivity contribution in [2.75, 3.05) is 23.3 Å². The van der Waals surface area contributed by atoms with Gasteiger partial charge >= 0.3 is 12.0 Å². The highest BCUT2D eigenvalue weighted by molar-refractivity contribution is 6.32. The fourth-order valence-electron chi connectivity index (χ4n) is 2.94. The number of rotatable bonds is 7. The van der Waals surface area contributed by atoms with Gasteiger partial charge in [0.05, 0.1) is 17.3 Å². The van der Waals surface area contributed by atoms with Crippen molar-refractivity contribution in [3.63, 3.8) is 0 Å². The third kappa shape index (κ3) is 6.65. The molecule has 0 fully saturated rings. The van der Waals surface area contributed by atoms with Crippen molar-refractivity contribution < 1.29 is 14.7 Å². The summed E-state index contributed by atoms with van der Waals surface area (Å²) in [5.74, 6) is 4.93. The highest BCUT2D eigenvalue weighted by Gasteiger charge is 2.22. The Bertz CT molecular complexity index is 1070. The van der Waals surface area contributed by atoms with Gasteiger partial charge in [0.25, 0.3) is 0 Å². The van der Waals surface area contributed by atoms with Crippen molar-refractivity contribution >= 4 is 40.8 Å². The zero-order valence-electron chi connectivity index (χ0n) is 18.1. The minimum atomic E-state index is -1.12. The zero-order valence-corrected chi connectivity index (χ0v) is 18.9. The van der Waals surface area contributed by atoms with Crippen molar-refractivity contribution in [2.24, 2.45) is 5.73 Å². The Labute approximate surface area is 192 Å². The van der Waals surface area contributed by atoms with Crippen LogP contribution in [-0.4, -0.2) is 42.1 Å². The number of carbonyl (C=O) groups is 2. The summed E-state index contributed by atoms with van der Waals surface area (Å²) >= 11 is 6.42. The number of nitrogens with two attached hydrogens (primary N) is 1. The number of carbonyl (C=O) groups excluding carboxylic acids is 1. The molecule has 0 spiro atoms. The Balaban J connectivity index is 2.14. The molecule has 0 saturated carbocycles. The number of urea groups is 1. The molecule has 0 heterocycles. The zero-order chi connectivity index (χ0) is 23.8. The normalized spacial score (nSPS) is 10.2. The number of carboxylic acids is 1. The molecule has 2 rings (SSSR count). The summed E-state index contributed by atoms with van der Waals surface area (Å²) < 4.78 is 0. The molecular weight excluding hydrogens is 430 g/mol. The Hall–Kier alpha value is -3.70. The van der Waals surface area contributed by atoms with Crippen LogP contribution in [0.15, 0.2) is 36.4 Å². The first-order valence-electron chi connectivity index (χ1n) is 9.86. The van der Waals surface area contributed by atoms with Gasteiger partial charge in [0, 0.05) is 22.9 Å². The molecule has 0 bridgehead atoms. The third-order valence-corrected chi connectivity index (χ3v) is 4.78. The number of amidine groups is 1. The smallest absolute Gasteiger partial charge is 0.323 e. The number of hydrogen-bond donors (Lipinski definition) is 5. The average Bonchev–Trinajstić information content (AvgIpc) is 2.72. The average molecular weight is 456 g/mol. The lowest BCUT2D eigenvalue weighted by Gasteiger charge is -2.28. The number of carboxylic acid groups (broad SMARTS) is 1. The second-order valence-electron chi connectivity index (χ2n) is 7.28. The SMILES string of the molecule is Cc1cc(C#CCNc2ccc(C(=N)N)cc2)c(Cl)cc1N(C(=O)NCC(=O)O)C(C)C. The van der Waals surface area contributed by atoms with Crippen LogP contribution in [0.5, 0.6) is 0 Å². The molecule has 8 nitrogen and oxygen atoms in total. The molecule has 168 valence electrons. The van der Waals surface area contributed by atoms with E-state index in [4.69, 9.17) is 27.9 Å². The van der Waals surface area contributed by atoms with Crippen molar-refractivity contribution in [1.82, 2.24) is 5.32 Å². The minimum absolute atomic E-state index is 0.0141. The second-order valence-corrected chi connectivity index (χ2v) is 7.69. The number of benzene rings is 2. The number of anilines is 2.